The smallest absolute Gasteiger partial charge is 0.271 e. The zero-order valence-electron chi connectivity index (χ0n) is 10.8. The van der Waals surface area contributed by atoms with Crippen molar-refractivity contribution >= 4 is 33.0 Å². The molecule has 0 saturated heterocycles. The van der Waals surface area contributed by atoms with Crippen LogP contribution in [-0.4, -0.2) is 14.3 Å². The van der Waals surface area contributed by atoms with E-state index >= 15 is 0 Å². The van der Waals surface area contributed by atoms with Crippen molar-refractivity contribution in [3.8, 4) is 0 Å². The van der Waals surface area contributed by atoms with Gasteiger partial charge in [-0.25, -0.2) is 8.42 Å². The molecule has 0 bridgehead atoms. The molecule has 1 heterocycles. The molecule has 0 radical (unpaired) electrons. The number of carbonyl (C=O) groups excluding carboxylic acids is 1. The SMILES string of the molecule is CCc1ccc(S(=O)(=O)Nc2ccc(C(N)=O)cc2)s1. The first kappa shape index (κ1) is 14.5. The van der Waals surface area contributed by atoms with Crippen LogP contribution in [0.4, 0.5) is 5.69 Å². The Morgan fingerprint density at radius 2 is 1.85 bits per heavy atom. The molecule has 1 aromatic carbocycles. The molecule has 2 rings (SSSR count). The second-order valence-corrected chi connectivity index (χ2v) is 7.20. The van der Waals surface area contributed by atoms with Gasteiger partial charge in [0.1, 0.15) is 4.21 Å². The summed E-state index contributed by atoms with van der Waals surface area (Å²) in [5.74, 6) is -0.551. The van der Waals surface area contributed by atoms with Crippen LogP contribution in [-0.2, 0) is 16.4 Å². The van der Waals surface area contributed by atoms with E-state index in [1.54, 1.807) is 12.1 Å². The number of carbonyl (C=O) groups is 1. The van der Waals surface area contributed by atoms with E-state index in [9.17, 15) is 13.2 Å². The van der Waals surface area contributed by atoms with Crippen LogP contribution in [0.1, 0.15) is 22.2 Å². The lowest BCUT2D eigenvalue weighted by Crippen LogP contribution is -2.13. The number of benzene rings is 1. The van der Waals surface area contributed by atoms with Crippen LogP contribution < -0.4 is 10.5 Å². The summed E-state index contributed by atoms with van der Waals surface area (Å²) in [7, 11) is -3.58. The molecule has 0 spiro atoms. The Labute approximate surface area is 121 Å². The fourth-order valence-corrected chi connectivity index (χ4v) is 3.95. The molecule has 5 nitrogen and oxygen atoms in total. The molecule has 7 heteroatoms. The maximum atomic E-state index is 12.2. The molecular formula is C13H14N2O3S2. The molecule has 1 amide bonds. The summed E-state index contributed by atoms with van der Waals surface area (Å²) in [6, 6.07) is 9.36. The van der Waals surface area contributed by atoms with Crippen molar-refractivity contribution in [3.05, 3.63) is 46.8 Å². The fourth-order valence-electron chi connectivity index (χ4n) is 1.60. The first-order valence-corrected chi connectivity index (χ1v) is 8.24. The molecule has 2 aromatic rings. The molecule has 0 aliphatic rings. The third kappa shape index (κ3) is 3.17. The first-order valence-electron chi connectivity index (χ1n) is 5.94. The Bertz CT molecular complexity index is 718. The summed E-state index contributed by atoms with van der Waals surface area (Å²) in [4.78, 5) is 11.9. The molecule has 1 aromatic heterocycles. The molecule has 0 saturated carbocycles. The number of hydrogen-bond donors (Lipinski definition) is 2. The number of thiophene rings is 1. The number of nitrogens with two attached hydrogens (primary N) is 1. The highest BCUT2D eigenvalue weighted by Gasteiger charge is 2.16. The van der Waals surface area contributed by atoms with Crippen molar-refractivity contribution in [1.29, 1.82) is 0 Å². The van der Waals surface area contributed by atoms with Gasteiger partial charge in [0.2, 0.25) is 5.91 Å². The summed E-state index contributed by atoms with van der Waals surface area (Å²) in [5, 5.41) is 0. The highest BCUT2D eigenvalue weighted by Crippen LogP contribution is 2.24. The molecule has 0 fully saturated rings. The van der Waals surface area contributed by atoms with Crippen molar-refractivity contribution in [2.45, 2.75) is 17.6 Å². The lowest BCUT2D eigenvalue weighted by molar-refractivity contribution is 0.100. The van der Waals surface area contributed by atoms with E-state index < -0.39 is 15.9 Å². The summed E-state index contributed by atoms with van der Waals surface area (Å²) in [6.45, 7) is 1.97. The molecule has 3 N–H and O–H groups in total. The van der Waals surface area contributed by atoms with Gasteiger partial charge in [0.25, 0.3) is 10.0 Å². The van der Waals surface area contributed by atoms with E-state index in [1.165, 1.54) is 35.6 Å². The van der Waals surface area contributed by atoms with Crippen molar-refractivity contribution < 1.29 is 13.2 Å². The Morgan fingerprint density at radius 1 is 1.20 bits per heavy atom. The van der Waals surface area contributed by atoms with Gasteiger partial charge in [0, 0.05) is 16.1 Å². The quantitative estimate of drug-likeness (QED) is 0.887. The number of aryl methyl sites for hydroxylation is 1. The Morgan fingerprint density at radius 3 is 2.35 bits per heavy atom. The Balaban J connectivity index is 2.21. The molecule has 0 aliphatic carbocycles. The molecular weight excluding hydrogens is 296 g/mol. The zero-order valence-corrected chi connectivity index (χ0v) is 12.4. The predicted molar refractivity (Wildman–Crippen MR) is 79.5 cm³/mol. The summed E-state index contributed by atoms with van der Waals surface area (Å²) < 4.78 is 27.1. The monoisotopic (exact) mass is 310 g/mol. The number of nitrogens with one attached hydrogen (secondary N) is 1. The maximum absolute atomic E-state index is 12.2. The van der Waals surface area contributed by atoms with Gasteiger partial charge in [-0.3, -0.25) is 9.52 Å². The third-order valence-electron chi connectivity index (χ3n) is 2.67. The van der Waals surface area contributed by atoms with Crippen LogP contribution in [0.2, 0.25) is 0 Å². The zero-order chi connectivity index (χ0) is 14.8. The van der Waals surface area contributed by atoms with Gasteiger partial charge in [-0.2, -0.15) is 0 Å². The second kappa shape index (κ2) is 5.64. The minimum atomic E-state index is -3.58. The van der Waals surface area contributed by atoms with Gasteiger partial charge >= 0.3 is 0 Å². The van der Waals surface area contributed by atoms with Gasteiger partial charge in [0.05, 0.1) is 0 Å². The first-order chi connectivity index (χ1) is 9.42. The van der Waals surface area contributed by atoms with Crippen molar-refractivity contribution in [2.24, 2.45) is 5.73 Å². The van der Waals surface area contributed by atoms with Crippen molar-refractivity contribution in [2.75, 3.05) is 4.72 Å². The molecule has 0 atom stereocenters. The van der Waals surface area contributed by atoms with Crippen LogP contribution in [0.15, 0.2) is 40.6 Å². The van der Waals surface area contributed by atoms with E-state index in [2.05, 4.69) is 4.72 Å². The topological polar surface area (TPSA) is 89.3 Å². The normalized spacial score (nSPS) is 11.2. The van der Waals surface area contributed by atoms with E-state index in [0.29, 0.717) is 11.3 Å². The number of hydrogen-bond acceptors (Lipinski definition) is 4. The van der Waals surface area contributed by atoms with Gasteiger partial charge < -0.3 is 5.73 Å². The minimum Gasteiger partial charge on any atom is -0.366 e. The van der Waals surface area contributed by atoms with E-state index in [4.69, 9.17) is 5.73 Å². The van der Waals surface area contributed by atoms with Gasteiger partial charge in [0.15, 0.2) is 0 Å². The van der Waals surface area contributed by atoms with E-state index in [1.807, 2.05) is 6.92 Å². The number of amides is 1. The predicted octanol–water partition coefficient (Wildman–Crippen LogP) is 2.21. The summed E-state index contributed by atoms with van der Waals surface area (Å²) in [5.41, 5.74) is 5.85. The van der Waals surface area contributed by atoms with Crippen molar-refractivity contribution in [3.63, 3.8) is 0 Å². The molecule has 106 valence electrons. The van der Waals surface area contributed by atoms with E-state index in [-0.39, 0.29) is 4.21 Å². The van der Waals surface area contributed by atoms with Gasteiger partial charge in [-0.1, -0.05) is 6.92 Å². The van der Waals surface area contributed by atoms with Crippen LogP contribution in [0.5, 0.6) is 0 Å². The number of primary amides is 1. The number of anilines is 1. The summed E-state index contributed by atoms with van der Waals surface area (Å²) >= 11 is 1.24. The molecule has 20 heavy (non-hydrogen) atoms. The van der Waals surface area contributed by atoms with Crippen LogP contribution in [0.3, 0.4) is 0 Å². The van der Waals surface area contributed by atoms with Crippen LogP contribution in [0.25, 0.3) is 0 Å². The lowest BCUT2D eigenvalue weighted by atomic mass is 10.2. The molecule has 0 unspecified atom stereocenters. The molecule has 0 aliphatic heterocycles. The summed E-state index contributed by atoms with van der Waals surface area (Å²) in [6.07, 6.45) is 0.799. The van der Waals surface area contributed by atoms with Crippen molar-refractivity contribution in [1.82, 2.24) is 0 Å². The average molecular weight is 310 g/mol. The highest BCUT2D eigenvalue weighted by atomic mass is 32.2. The largest absolute Gasteiger partial charge is 0.366 e. The van der Waals surface area contributed by atoms with Crippen LogP contribution in [0, 0.1) is 0 Å². The third-order valence-corrected chi connectivity index (χ3v) is 5.77. The standard InChI is InChI=1S/C13H14N2O3S2/c1-2-11-7-8-12(19-11)20(17,18)15-10-5-3-9(4-6-10)13(14)16/h3-8,15H,2H2,1H3,(H2,14,16). The van der Waals surface area contributed by atoms with Gasteiger partial charge in [-0.05, 0) is 42.8 Å². The lowest BCUT2D eigenvalue weighted by Gasteiger charge is -2.06. The Kier molecular flexibility index (Phi) is 4.10. The van der Waals surface area contributed by atoms with E-state index in [0.717, 1.165) is 11.3 Å². The average Bonchev–Trinajstić information content (AvgIpc) is 2.88. The Hall–Kier alpha value is -1.86. The fraction of sp³-hybridized carbons (Fsp3) is 0.154. The number of rotatable bonds is 5. The number of sulfonamides is 1. The minimum absolute atomic E-state index is 0.272. The maximum Gasteiger partial charge on any atom is 0.271 e. The highest BCUT2D eigenvalue weighted by molar-refractivity contribution is 7.94. The van der Waals surface area contributed by atoms with Crippen LogP contribution >= 0.6 is 11.3 Å². The van der Waals surface area contributed by atoms with Gasteiger partial charge in [-0.15, -0.1) is 11.3 Å². The second-order valence-electron chi connectivity index (χ2n) is 4.12.